The van der Waals surface area contributed by atoms with Crippen molar-refractivity contribution in [1.29, 1.82) is 5.41 Å². The number of hydrogen-bond donors (Lipinski definition) is 2. The molecule has 1 atom stereocenters. The fraction of sp³-hybridized carbons (Fsp3) is 0.278. The average Bonchev–Trinajstić information content (AvgIpc) is 2.53. The third-order valence-electron chi connectivity index (χ3n) is 4.11. The van der Waals surface area contributed by atoms with Gasteiger partial charge in [0.05, 0.1) is 12.2 Å². The van der Waals surface area contributed by atoms with Crippen molar-refractivity contribution in [2.45, 2.75) is 25.2 Å². The summed E-state index contributed by atoms with van der Waals surface area (Å²) in [6.07, 6.45) is 3.52. The number of aryl methyl sites for hydroxylation is 1. The van der Waals surface area contributed by atoms with Gasteiger partial charge in [0.2, 0.25) is 0 Å². The fourth-order valence-corrected chi connectivity index (χ4v) is 3.03. The average molecular weight is 280 g/mol. The molecule has 1 aliphatic carbocycles. The Hall–Kier alpha value is -2.29. The Balaban J connectivity index is 1.76. The van der Waals surface area contributed by atoms with Crippen molar-refractivity contribution in [3.63, 3.8) is 0 Å². The summed E-state index contributed by atoms with van der Waals surface area (Å²) in [6.45, 7) is 0.640. The van der Waals surface area contributed by atoms with Crippen LogP contribution < -0.4 is 10.5 Å². The summed E-state index contributed by atoms with van der Waals surface area (Å²) in [4.78, 5) is 0. The normalized spacial score (nSPS) is 17.0. The minimum absolute atomic E-state index is 0.0506. The SMILES string of the molecule is N=C(N)c1ccccc1OCC1CCCc2ccccc21. The number of amidine groups is 1. The van der Waals surface area contributed by atoms with Gasteiger partial charge in [0.1, 0.15) is 11.6 Å². The first-order valence-electron chi connectivity index (χ1n) is 7.39. The summed E-state index contributed by atoms with van der Waals surface area (Å²) in [5, 5.41) is 7.61. The van der Waals surface area contributed by atoms with Crippen molar-refractivity contribution in [2.24, 2.45) is 5.73 Å². The van der Waals surface area contributed by atoms with Crippen molar-refractivity contribution in [3.8, 4) is 5.75 Å². The zero-order valence-corrected chi connectivity index (χ0v) is 12.0. The summed E-state index contributed by atoms with van der Waals surface area (Å²) >= 11 is 0. The number of nitrogen functional groups attached to an aromatic ring is 1. The predicted octanol–water partition coefficient (Wildman–Crippen LogP) is 3.47. The quantitative estimate of drug-likeness (QED) is 0.665. The summed E-state index contributed by atoms with van der Waals surface area (Å²) in [5.41, 5.74) is 9.12. The zero-order chi connectivity index (χ0) is 14.7. The second kappa shape index (κ2) is 6.00. The number of rotatable bonds is 4. The van der Waals surface area contributed by atoms with Gasteiger partial charge >= 0.3 is 0 Å². The molecule has 0 bridgehead atoms. The van der Waals surface area contributed by atoms with E-state index in [0.29, 0.717) is 23.8 Å². The van der Waals surface area contributed by atoms with Crippen LogP contribution in [-0.4, -0.2) is 12.4 Å². The van der Waals surface area contributed by atoms with Crippen molar-refractivity contribution in [3.05, 3.63) is 65.2 Å². The number of hydrogen-bond acceptors (Lipinski definition) is 2. The molecule has 1 aliphatic rings. The molecule has 3 rings (SSSR count). The Morgan fingerprint density at radius 3 is 2.76 bits per heavy atom. The molecule has 0 radical (unpaired) electrons. The molecule has 0 spiro atoms. The molecule has 0 aromatic heterocycles. The van der Waals surface area contributed by atoms with Crippen LogP contribution in [0.5, 0.6) is 5.75 Å². The smallest absolute Gasteiger partial charge is 0.130 e. The van der Waals surface area contributed by atoms with Crippen LogP contribution in [0.15, 0.2) is 48.5 Å². The number of nitrogens with two attached hydrogens (primary N) is 1. The molecule has 108 valence electrons. The Labute approximate surface area is 125 Å². The highest BCUT2D eigenvalue weighted by molar-refractivity contribution is 5.97. The van der Waals surface area contributed by atoms with E-state index in [0.717, 1.165) is 12.8 Å². The molecule has 0 heterocycles. The number of ether oxygens (including phenoxy) is 1. The molecule has 0 amide bonds. The maximum atomic E-state index is 7.61. The van der Waals surface area contributed by atoms with E-state index in [1.54, 1.807) is 0 Å². The van der Waals surface area contributed by atoms with Crippen LogP contribution in [0, 0.1) is 5.41 Å². The lowest BCUT2D eigenvalue weighted by Gasteiger charge is -2.25. The first-order valence-corrected chi connectivity index (χ1v) is 7.39. The minimum atomic E-state index is 0.0506. The van der Waals surface area contributed by atoms with Crippen molar-refractivity contribution < 1.29 is 4.74 Å². The van der Waals surface area contributed by atoms with Crippen LogP contribution in [0.2, 0.25) is 0 Å². The van der Waals surface area contributed by atoms with E-state index in [1.165, 1.54) is 17.5 Å². The van der Waals surface area contributed by atoms with Gasteiger partial charge in [-0.2, -0.15) is 0 Å². The summed E-state index contributed by atoms with van der Waals surface area (Å²) < 4.78 is 5.97. The first-order chi connectivity index (χ1) is 10.3. The Morgan fingerprint density at radius 1 is 1.14 bits per heavy atom. The molecule has 3 N–H and O–H groups in total. The van der Waals surface area contributed by atoms with E-state index >= 15 is 0 Å². The lowest BCUT2D eigenvalue weighted by Crippen LogP contribution is -2.18. The monoisotopic (exact) mass is 280 g/mol. The van der Waals surface area contributed by atoms with Crippen LogP contribution in [0.25, 0.3) is 0 Å². The van der Waals surface area contributed by atoms with E-state index in [4.69, 9.17) is 15.9 Å². The van der Waals surface area contributed by atoms with E-state index in [1.807, 2.05) is 24.3 Å². The first kappa shape index (κ1) is 13.7. The Kier molecular flexibility index (Phi) is 3.91. The molecule has 0 saturated carbocycles. The molecule has 2 aromatic carbocycles. The Bertz CT molecular complexity index is 651. The fourth-order valence-electron chi connectivity index (χ4n) is 3.03. The van der Waals surface area contributed by atoms with Gasteiger partial charge in [0, 0.05) is 5.92 Å². The molecule has 3 heteroatoms. The molecular weight excluding hydrogens is 260 g/mol. The highest BCUT2D eigenvalue weighted by atomic mass is 16.5. The van der Waals surface area contributed by atoms with Crippen LogP contribution in [0.3, 0.4) is 0 Å². The maximum Gasteiger partial charge on any atom is 0.130 e. The topological polar surface area (TPSA) is 59.1 Å². The molecular formula is C18H20N2O. The van der Waals surface area contributed by atoms with Crippen molar-refractivity contribution in [1.82, 2.24) is 0 Å². The number of para-hydroxylation sites is 1. The zero-order valence-electron chi connectivity index (χ0n) is 12.0. The van der Waals surface area contributed by atoms with E-state index in [9.17, 15) is 0 Å². The highest BCUT2D eigenvalue weighted by Crippen LogP contribution is 2.32. The van der Waals surface area contributed by atoms with Gasteiger partial charge < -0.3 is 10.5 Å². The predicted molar refractivity (Wildman–Crippen MR) is 85.1 cm³/mol. The molecule has 0 aliphatic heterocycles. The lowest BCUT2D eigenvalue weighted by atomic mass is 9.83. The molecule has 0 fully saturated rings. The largest absolute Gasteiger partial charge is 0.492 e. The highest BCUT2D eigenvalue weighted by Gasteiger charge is 2.20. The second-order valence-electron chi connectivity index (χ2n) is 5.51. The van der Waals surface area contributed by atoms with Gasteiger partial charge in [-0.15, -0.1) is 0 Å². The van der Waals surface area contributed by atoms with Gasteiger partial charge in [-0.25, -0.2) is 0 Å². The third kappa shape index (κ3) is 2.92. The number of nitrogens with one attached hydrogen (secondary N) is 1. The van der Waals surface area contributed by atoms with Crippen LogP contribution >= 0.6 is 0 Å². The minimum Gasteiger partial charge on any atom is -0.492 e. The molecule has 2 aromatic rings. The van der Waals surface area contributed by atoms with Crippen molar-refractivity contribution >= 4 is 5.84 Å². The summed E-state index contributed by atoms with van der Waals surface area (Å²) in [6, 6.07) is 16.1. The van der Waals surface area contributed by atoms with E-state index in [2.05, 4.69) is 24.3 Å². The van der Waals surface area contributed by atoms with Gasteiger partial charge in [-0.1, -0.05) is 36.4 Å². The van der Waals surface area contributed by atoms with Crippen molar-refractivity contribution in [2.75, 3.05) is 6.61 Å². The van der Waals surface area contributed by atoms with Gasteiger partial charge in [0.15, 0.2) is 0 Å². The third-order valence-corrected chi connectivity index (χ3v) is 4.11. The second-order valence-corrected chi connectivity index (χ2v) is 5.51. The Morgan fingerprint density at radius 2 is 1.90 bits per heavy atom. The molecule has 1 unspecified atom stereocenters. The molecule has 0 saturated heterocycles. The lowest BCUT2D eigenvalue weighted by molar-refractivity contribution is 0.274. The van der Waals surface area contributed by atoms with Crippen LogP contribution in [0.1, 0.15) is 35.4 Å². The van der Waals surface area contributed by atoms with Gasteiger partial charge in [-0.3, -0.25) is 5.41 Å². The van der Waals surface area contributed by atoms with Gasteiger partial charge in [-0.05, 0) is 42.5 Å². The standard InChI is InChI=1S/C18H20N2O/c19-18(20)16-10-3-4-11-17(16)21-12-14-8-5-7-13-6-1-2-9-15(13)14/h1-4,6,9-11,14H,5,7-8,12H2,(H3,19,20). The summed E-state index contributed by atoms with van der Waals surface area (Å²) in [5.74, 6) is 1.18. The molecule has 3 nitrogen and oxygen atoms in total. The van der Waals surface area contributed by atoms with E-state index in [-0.39, 0.29) is 5.84 Å². The molecule has 21 heavy (non-hydrogen) atoms. The van der Waals surface area contributed by atoms with Crippen LogP contribution in [-0.2, 0) is 6.42 Å². The summed E-state index contributed by atoms with van der Waals surface area (Å²) in [7, 11) is 0. The van der Waals surface area contributed by atoms with Crippen LogP contribution in [0.4, 0.5) is 0 Å². The number of benzene rings is 2. The van der Waals surface area contributed by atoms with Gasteiger partial charge in [0.25, 0.3) is 0 Å². The van der Waals surface area contributed by atoms with E-state index < -0.39 is 0 Å². The maximum absolute atomic E-state index is 7.61. The number of fused-ring (bicyclic) bond motifs is 1.